The van der Waals surface area contributed by atoms with Crippen molar-refractivity contribution in [2.24, 2.45) is 5.92 Å². The molecule has 0 aromatic carbocycles. The Morgan fingerprint density at radius 3 is 2.80 bits per heavy atom. The molecule has 0 bridgehead atoms. The smallest absolute Gasteiger partial charge is 0.336 e. The molecule has 0 unspecified atom stereocenters. The molecule has 86 valence electrons. The molecule has 0 amide bonds. The lowest BCUT2D eigenvalue weighted by Gasteiger charge is -2.35. The molecule has 4 nitrogen and oxygen atoms in total. The monoisotopic (exact) mass is 213 g/mol. The molecule has 2 aliphatic rings. The van der Waals surface area contributed by atoms with E-state index in [9.17, 15) is 4.79 Å². The number of esters is 1. The van der Waals surface area contributed by atoms with Crippen molar-refractivity contribution in [2.75, 3.05) is 26.7 Å². The van der Waals surface area contributed by atoms with Gasteiger partial charge in [0.1, 0.15) is 0 Å². The molecular weight excluding hydrogens is 194 g/mol. The minimum Gasteiger partial charge on any atom is -0.467 e. The Balaban J connectivity index is 1.87. The molecule has 0 spiro atoms. The Morgan fingerprint density at radius 1 is 1.47 bits per heavy atom. The van der Waals surface area contributed by atoms with E-state index in [-0.39, 0.29) is 12.1 Å². The molecule has 0 N–H and O–H groups in total. The summed E-state index contributed by atoms with van der Waals surface area (Å²) in [7, 11) is 1.41. The highest BCUT2D eigenvalue weighted by Gasteiger charge is 2.33. The van der Waals surface area contributed by atoms with Crippen molar-refractivity contribution in [2.45, 2.75) is 32.0 Å². The summed E-state index contributed by atoms with van der Waals surface area (Å²) in [6.07, 6.45) is 2.42. The molecule has 15 heavy (non-hydrogen) atoms. The molecule has 1 saturated heterocycles. The van der Waals surface area contributed by atoms with Gasteiger partial charge in [0.05, 0.1) is 13.2 Å². The Labute approximate surface area is 90.5 Å². The van der Waals surface area contributed by atoms with Gasteiger partial charge in [-0.3, -0.25) is 4.90 Å². The third kappa shape index (κ3) is 2.92. The van der Waals surface area contributed by atoms with Gasteiger partial charge in [-0.1, -0.05) is 0 Å². The SMILES string of the molecule is COC(=O)[C@H]1CN(CC2CC2)C[C@@H](C)O1. The molecule has 1 aliphatic carbocycles. The molecule has 2 fully saturated rings. The second-order valence-corrected chi connectivity index (χ2v) is 4.62. The number of ether oxygens (including phenoxy) is 2. The van der Waals surface area contributed by atoms with Crippen LogP contribution in [0.25, 0.3) is 0 Å². The van der Waals surface area contributed by atoms with Crippen molar-refractivity contribution in [3.05, 3.63) is 0 Å². The highest BCUT2D eigenvalue weighted by atomic mass is 16.6. The van der Waals surface area contributed by atoms with Gasteiger partial charge in [0.15, 0.2) is 6.10 Å². The summed E-state index contributed by atoms with van der Waals surface area (Å²) in [4.78, 5) is 13.7. The summed E-state index contributed by atoms with van der Waals surface area (Å²) in [5.74, 6) is 0.607. The fraction of sp³-hybridized carbons (Fsp3) is 0.909. The van der Waals surface area contributed by atoms with Crippen LogP contribution in [-0.4, -0.2) is 49.8 Å². The van der Waals surface area contributed by atoms with Crippen LogP contribution in [0, 0.1) is 5.92 Å². The zero-order chi connectivity index (χ0) is 10.8. The Kier molecular flexibility index (Phi) is 3.26. The maximum Gasteiger partial charge on any atom is 0.336 e. The van der Waals surface area contributed by atoms with E-state index in [2.05, 4.69) is 4.90 Å². The van der Waals surface area contributed by atoms with Crippen molar-refractivity contribution < 1.29 is 14.3 Å². The fourth-order valence-electron chi connectivity index (χ4n) is 2.12. The van der Waals surface area contributed by atoms with Crippen molar-refractivity contribution in [1.29, 1.82) is 0 Å². The van der Waals surface area contributed by atoms with Gasteiger partial charge >= 0.3 is 5.97 Å². The van der Waals surface area contributed by atoms with Crippen molar-refractivity contribution >= 4 is 5.97 Å². The van der Waals surface area contributed by atoms with Crippen LogP contribution in [0.3, 0.4) is 0 Å². The first-order chi connectivity index (χ1) is 7.19. The van der Waals surface area contributed by atoms with E-state index in [1.165, 1.54) is 20.0 Å². The van der Waals surface area contributed by atoms with Crippen LogP contribution in [-0.2, 0) is 14.3 Å². The molecule has 0 aromatic heterocycles. The Hall–Kier alpha value is -0.610. The predicted molar refractivity (Wildman–Crippen MR) is 55.5 cm³/mol. The average molecular weight is 213 g/mol. The van der Waals surface area contributed by atoms with Crippen molar-refractivity contribution in [3.8, 4) is 0 Å². The first kappa shape index (κ1) is 10.9. The molecule has 0 aromatic rings. The van der Waals surface area contributed by atoms with Gasteiger partial charge in [-0.2, -0.15) is 0 Å². The summed E-state index contributed by atoms with van der Waals surface area (Å²) in [6.45, 7) is 4.74. The topological polar surface area (TPSA) is 38.8 Å². The Bertz CT molecular complexity index is 238. The normalized spacial score (nSPS) is 32.7. The van der Waals surface area contributed by atoms with Crippen LogP contribution in [0.2, 0.25) is 0 Å². The number of rotatable bonds is 3. The number of carbonyl (C=O) groups excluding carboxylic acids is 1. The van der Waals surface area contributed by atoms with Crippen LogP contribution in [0.1, 0.15) is 19.8 Å². The van der Waals surface area contributed by atoms with E-state index in [0.717, 1.165) is 19.0 Å². The molecule has 1 aliphatic heterocycles. The number of methoxy groups -OCH3 is 1. The molecule has 4 heteroatoms. The number of hydrogen-bond donors (Lipinski definition) is 0. The number of hydrogen-bond acceptors (Lipinski definition) is 4. The van der Waals surface area contributed by atoms with Crippen LogP contribution in [0.5, 0.6) is 0 Å². The zero-order valence-corrected chi connectivity index (χ0v) is 9.44. The quantitative estimate of drug-likeness (QED) is 0.646. The highest BCUT2D eigenvalue weighted by Crippen LogP contribution is 2.30. The highest BCUT2D eigenvalue weighted by molar-refractivity contribution is 5.74. The molecule has 0 radical (unpaired) electrons. The predicted octanol–water partition coefficient (Wildman–Crippen LogP) is 0.659. The van der Waals surface area contributed by atoms with Crippen LogP contribution in [0.15, 0.2) is 0 Å². The number of morpholine rings is 1. The van der Waals surface area contributed by atoms with Gasteiger partial charge in [-0.05, 0) is 25.7 Å². The summed E-state index contributed by atoms with van der Waals surface area (Å²) in [6, 6.07) is 0. The Morgan fingerprint density at radius 2 is 2.20 bits per heavy atom. The maximum absolute atomic E-state index is 11.4. The van der Waals surface area contributed by atoms with E-state index in [4.69, 9.17) is 9.47 Å². The molecule has 2 rings (SSSR count). The molecule has 1 saturated carbocycles. The summed E-state index contributed by atoms with van der Waals surface area (Å²) < 4.78 is 10.3. The van der Waals surface area contributed by atoms with Gasteiger partial charge in [-0.15, -0.1) is 0 Å². The third-order valence-corrected chi connectivity index (χ3v) is 3.01. The maximum atomic E-state index is 11.4. The zero-order valence-electron chi connectivity index (χ0n) is 9.44. The van der Waals surface area contributed by atoms with E-state index in [0.29, 0.717) is 6.54 Å². The molecule has 2 atom stereocenters. The van der Waals surface area contributed by atoms with Crippen molar-refractivity contribution in [1.82, 2.24) is 4.90 Å². The average Bonchev–Trinajstić information content (AvgIpc) is 2.99. The lowest BCUT2D eigenvalue weighted by molar-refractivity contribution is -0.166. The fourth-order valence-corrected chi connectivity index (χ4v) is 2.12. The van der Waals surface area contributed by atoms with Crippen LogP contribution >= 0.6 is 0 Å². The van der Waals surface area contributed by atoms with E-state index in [1.54, 1.807) is 0 Å². The lowest BCUT2D eigenvalue weighted by Crippen LogP contribution is -2.50. The van der Waals surface area contributed by atoms with Gasteiger partial charge in [0.2, 0.25) is 0 Å². The second-order valence-electron chi connectivity index (χ2n) is 4.62. The minimum atomic E-state index is -0.391. The lowest BCUT2D eigenvalue weighted by atomic mass is 10.2. The summed E-state index contributed by atoms with van der Waals surface area (Å²) in [5.41, 5.74) is 0. The first-order valence-corrected chi connectivity index (χ1v) is 5.64. The van der Waals surface area contributed by atoms with Crippen LogP contribution < -0.4 is 0 Å². The second kappa shape index (κ2) is 4.49. The first-order valence-electron chi connectivity index (χ1n) is 5.64. The number of nitrogens with zero attached hydrogens (tertiary/aromatic N) is 1. The third-order valence-electron chi connectivity index (χ3n) is 3.01. The number of carbonyl (C=O) groups is 1. The van der Waals surface area contributed by atoms with Crippen LogP contribution in [0.4, 0.5) is 0 Å². The van der Waals surface area contributed by atoms with Gasteiger partial charge in [0.25, 0.3) is 0 Å². The van der Waals surface area contributed by atoms with E-state index in [1.807, 2.05) is 6.92 Å². The molecule has 1 heterocycles. The van der Waals surface area contributed by atoms with Gasteiger partial charge in [-0.25, -0.2) is 4.79 Å². The minimum absolute atomic E-state index is 0.126. The van der Waals surface area contributed by atoms with E-state index < -0.39 is 6.10 Å². The van der Waals surface area contributed by atoms with Crippen molar-refractivity contribution in [3.63, 3.8) is 0 Å². The standard InChI is InChI=1S/C11H19NO3/c1-8-5-12(6-9-3-4-9)7-10(15-8)11(13)14-2/h8-10H,3-7H2,1-2H3/t8-,10-/m1/s1. The summed E-state index contributed by atoms with van der Waals surface area (Å²) >= 11 is 0. The summed E-state index contributed by atoms with van der Waals surface area (Å²) in [5, 5.41) is 0. The van der Waals surface area contributed by atoms with Gasteiger partial charge < -0.3 is 9.47 Å². The van der Waals surface area contributed by atoms with Gasteiger partial charge in [0, 0.05) is 19.6 Å². The largest absolute Gasteiger partial charge is 0.467 e. The molecular formula is C11H19NO3. The van der Waals surface area contributed by atoms with E-state index >= 15 is 0 Å².